The number of benzene rings is 3. The maximum absolute atomic E-state index is 13.4. The van der Waals surface area contributed by atoms with Crippen LogP contribution in [0.2, 0.25) is 0 Å². The third-order valence-electron chi connectivity index (χ3n) is 7.02. The first kappa shape index (κ1) is 27.6. The van der Waals surface area contributed by atoms with Crippen molar-refractivity contribution in [1.82, 2.24) is 0 Å². The first-order valence-electron chi connectivity index (χ1n) is 13.2. The number of rotatable bonds is 8. The number of anilines is 2. The molecule has 1 aliphatic rings. The van der Waals surface area contributed by atoms with E-state index in [2.05, 4.69) is 41.0 Å². The predicted molar refractivity (Wildman–Crippen MR) is 160 cm³/mol. The molecule has 0 saturated carbocycles. The molecule has 0 fully saturated rings. The molecule has 0 saturated heterocycles. The number of halogens is 1. The van der Waals surface area contributed by atoms with Crippen LogP contribution in [0.4, 0.5) is 15.1 Å². The molecule has 3 aromatic carbocycles. The fraction of sp³-hybridized carbons (Fsp3) is 0.219. The molecule has 1 aromatic heterocycles. The summed E-state index contributed by atoms with van der Waals surface area (Å²) in [6, 6.07) is 25.4. The Bertz CT molecular complexity index is 1560. The number of thiophene rings is 1. The quantitative estimate of drug-likeness (QED) is 0.212. The van der Waals surface area contributed by atoms with E-state index in [0.717, 1.165) is 29.7 Å². The SMILES string of the molecule is CCC(Sc1cccc(NC(=O)c2ccc(F)cc2)c1)C(=O)Nc1sc2c(c1C#N)CCC(c1ccccc1)C2. The third kappa shape index (κ3) is 6.27. The van der Waals surface area contributed by atoms with Crippen LogP contribution in [0.25, 0.3) is 0 Å². The monoisotopic (exact) mass is 569 g/mol. The van der Waals surface area contributed by atoms with E-state index in [4.69, 9.17) is 0 Å². The van der Waals surface area contributed by atoms with Crippen LogP contribution in [0.1, 0.15) is 57.6 Å². The number of carbonyl (C=O) groups is 2. The van der Waals surface area contributed by atoms with E-state index >= 15 is 0 Å². The van der Waals surface area contributed by atoms with Crippen molar-refractivity contribution in [2.24, 2.45) is 0 Å². The van der Waals surface area contributed by atoms with Gasteiger partial charge in [0.1, 0.15) is 16.9 Å². The van der Waals surface area contributed by atoms with E-state index in [1.165, 1.54) is 57.8 Å². The molecular weight excluding hydrogens is 542 g/mol. The minimum atomic E-state index is -0.403. The highest BCUT2D eigenvalue weighted by Crippen LogP contribution is 2.42. The molecule has 0 aliphatic heterocycles. The lowest BCUT2D eigenvalue weighted by Gasteiger charge is -2.22. The second kappa shape index (κ2) is 12.5. The number of fused-ring (bicyclic) bond motifs is 1. The van der Waals surface area contributed by atoms with Crippen molar-refractivity contribution in [3.8, 4) is 6.07 Å². The zero-order valence-electron chi connectivity index (χ0n) is 21.9. The zero-order chi connectivity index (χ0) is 28.1. The van der Waals surface area contributed by atoms with Crippen LogP contribution < -0.4 is 10.6 Å². The Kier molecular flexibility index (Phi) is 8.63. The topological polar surface area (TPSA) is 82.0 Å². The zero-order valence-corrected chi connectivity index (χ0v) is 23.6. The number of nitrogens with one attached hydrogen (secondary N) is 2. The van der Waals surface area contributed by atoms with E-state index in [1.54, 1.807) is 6.07 Å². The summed E-state index contributed by atoms with van der Waals surface area (Å²) in [6.45, 7) is 1.95. The highest BCUT2D eigenvalue weighted by molar-refractivity contribution is 8.00. The van der Waals surface area contributed by atoms with Gasteiger partial charge in [-0.1, -0.05) is 43.3 Å². The van der Waals surface area contributed by atoms with Gasteiger partial charge >= 0.3 is 0 Å². The Labute approximate surface area is 241 Å². The van der Waals surface area contributed by atoms with Gasteiger partial charge in [0.15, 0.2) is 0 Å². The average Bonchev–Trinajstić information content (AvgIpc) is 3.32. The molecule has 1 aliphatic carbocycles. The van der Waals surface area contributed by atoms with Crippen molar-refractivity contribution < 1.29 is 14.0 Å². The van der Waals surface area contributed by atoms with E-state index in [0.29, 0.717) is 34.2 Å². The van der Waals surface area contributed by atoms with Crippen molar-refractivity contribution in [2.75, 3.05) is 10.6 Å². The summed E-state index contributed by atoms with van der Waals surface area (Å²) in [7, 11) is 0. The number of hydrogen-bond acceptors (Lipinski definition) is 5. The number of carbonyl (C=O) groups excluding carboxylic acids is 2. The molecule has 8 heteroatoms. The van der Waals surface area contributed by atoms with E-state index in [1.807, 2.05) is 31.2 Å². The Morgan fingerprint density at radius 1 is 1.07 bits per heavy atom. The standard InChI is InChI=1S/C32H28FN3O2S2/c1-2-28(39-25-10-6-9-24(18-25)35-30(37)21-11-14-23(33)15-12-21)31(38)36-32-27(19-34)26-16-13-22(17-29(26)40-32)20-7-4-3-5-8-20/h3-12,14-15,18,22,28H,2,13,16-17H2,1H3,(H,35,37)(H,36,38). The first-order valence-corrected chi connectivity index (χ1v) is 14.9. The summed E-state index contributed by atoms with van der Waals surface area (Å²) >= 11 is 2.93. The minimum Gasteiger partial charge on any atom is -0.322 e. The van der Waals surface area contributed by atoms with Gasteiger partial charge in [-0.2, -0.15) is 5.26 Å². The Balaban J connectivity index is 1.26. The fourth-order valence-corrected chi connectivity index (χ4v) is 7.23. The summed E-state index contributed by atoms with van der Waals surface area (Å²) in [4.78, 5) is 27.9. The Hall–Kier alpha value is -3.93. The van der Waals surface area contributed by atoms with Crippen LogP contribution in [-0.2, 0) is 17.6 Å². The van der Waals surface area contributed by atoms with Gasteiger partial charge in [-0.25, -0.2) is 4.39 Å². The molecule has 2 atom stereocenters. The maximum Gasteiger partial charge on any atom is 0.255 e. The van der Waals surface area contributed by atoms with Gasteiger partial charge in [-0.15, -0.1) is 23.1 Å². The summed E-state index contributed by atoms with van der Waals surface area (Å²) in [6.07, 6.45) is 3.27. The van der Waals surface area contributed by atoms with Crippen LogP contribution >= 0.6 is 23.1 Å². The molecule has 2 amide bonds. The molecule has 5 nitrogen and oxygen atoms in total. The minimum absolute atomic E-state index is 0.150. The normalized spacial score (nSPS) is 15.0. The predicted octanol–water partition coefficient (Wildman–Crippen LogP) is 7.79. The summed E-state index contributed by atoms with van der Waals surface area (Å²) < 4.78 is 13.2. The first-order chi connectivity index (χ1) is 19.4. The molecule has 0 radical (unpaired) electrons. The lowest BCUT2D eigenvalue weighted by atomic mass is 9.83. The summed E-state index contributed by atoms with van der Waals surface area (Å²) in [5.74, 6) is -0.480. The van der Waals surface area contributed by atoms with Crippen molar-refractivity contribution >= 4 is 45.6 Å². The van der Waals surface area contributed by atoms with Gasteiger partial charge < -0.3 is 10.6 Å². The molecule has 5 rings (SSSR count). The van der Waals surface area contributed by atoms with Gasteiger partial charge in [0, 0.05) is 21.0 Å². The second-order valence-corrected chi connectivity index (χ2v) is 12.0. The molecule has 0 bridgehead atoms. The highest BCUT2D eigenvalue weighted by atomic mass is 32.2. The molecule has 4 aromatic rings. The Morgan fingerprint density at radius 2 is 1.85 bits per heavy atom. The molecule has 40 heavy (non-hydrogen) atoms. The second-order valence-electron chi connectivity index (χ2n) is 9.66. The molecule has 2 unspecified atom stereocenters. The fourth-order valence-electron chi connectivity index (χ4n) is 4.93. The van der Waals surface area contributed by atoms with E-state index in [-0.39, 0.29) is 17.1 Å². The van der Waals surface area contributed by atoms with Gasteiger partial charge in [0.25, 0.3) is 5.91 Å². The third-order valence-corrected chi connectivity index (χ3v) is 9.55. The molecule has 1 heterocycles. The number of nitriles is 1. The smallest absolute Gasteiger partial charge is 0.255 e. The van der Waals surface area contributed by atoms with Crippen LogP contribution in [0.15, 0.2) is 83.8 Å². The lowest BCUT2D eigenvalue weighted by Crippen LogP contribution is -2.24. The largest absolute Gasteiger partial charge is 0.322 e. The van der Waals surface area contributed by atoms with Crippen molar-refractivity contribution in [3.05, 3.63) is 112 Å². The van der Waals surface area contributed by atoms with Gasteiger partial charge in [0.2, 0.25) is 5.91 Å². The van der Waals surface area contributed by atoms with E-state index < -0.39 is 5.82 Å². The van der Waals surface area contributed by atoms with Gasteiger partial charge in [-0.05, 0) is 85.2 Å². The summed E-state index contributed by atoms with van der Waals surface area (Å²) in [5.41, 5.74) is 3.90. The maximum atomic E-state index is 13.4. The highest BCUT2D eigenvalue weighted by Gasteiger charge is 2.28. The molecule has 0 spiro atoms. The lowest BCUT2D eigenvalue weighted by molar-refractivity contribution is -0.115. The van der Waals surface area contributed by atoms with Crippen molar-refractivity contribution in [1.29, 1.82) is 5.26 Å². The van der Waals surface area contributed by atoms with Gasteiger partial charge in [0.05, 0.1) is 10.8 Å². The number of thioether (sulfide) groups is 1. The number of hydrogen-bond donors (Lipinski definition) is 2. The number of amides is 2. The van der Waals surface area contributed by atoms with Crippen molar-refractivity contribution in [3.63, 3.8) is 0 Å². The van der Waals surface area contributed by atoms with Crippen LogP contribution in [0.3, 0.4) is 0 Å². The average molecular weight is 570 g/mol. The summed E-state index contributed by atoms with van der Waals surface area (Å²) in [5, 5.41) is 16.1. The van der Waals surface area contributed by atoms with Crippen molar-refractivity contribution in [2.45, 2.75) is 48.7 Å². The van der Waals surface area contributed by atoms with Crippen LogP contribution in [0, 0.1) is 17.1 Å². The van der Waals surface area contributed by atoms with Crippen LogP contribution in [0.5, 0.6) is 0 Å². The van der Waals surface area contributed by atoms with Gasteiger partial charge in [-0.3, -0.25) is 9.59 Å². The number of nitrogens with zero attached hydrogens (tertiary/aromatic N) is 1. The Morgan fingerprint density at radius 3 is 2.58 bits per heavy atom. The molecule has 2 N–H and O–H groups in total. The van der Waals surface area contributed by atoms with Crippen LogP contribution in [-0.4, -0.2) is 17.1 Å². The molecular formula is C32H28FN3O2S2. The van der Waals surface area contributed by atoms with E-state index in [9.17, 15) is 19.2 Å². The molecule has 202 valence electrons.